The van der Waals surface area contributed by atoms with Crippen LogP contribution in [-0.4, -0.2) is 120 Å². The number of nitrogens with zero attached hydrogens (tertiary/aromatic N) is 8. The third kappa shape index (κ3) is 14.6. The number of sulfonamides is 2. The van der Waals surface area contributed by atoms with Gasteiger partial charge in [0.15, 0.2) is 10.1 Å². The number of anilines is 2. The normalized spacial score (nSPS) is 11.5. The van der Waals surface area contributed by atoms with Crippen molar-refractivity contribution in [1.29, 1.82) is 0 Å². The van der Waals surface area contributed by atoms with Crippen LogP contribution < -0.4 is 29.6 Å². The molecular weight excluding hydrogens is 1030 g/mol. The number of carbonyl (C=O) groups excluding carboxylic acids is 4. The van der Waals surface area contributed by atoms with Crippen LogP contribution in [-0.2, 0) is 34.1 Å². The van der Waals surface area contributed by atoms with E-state index in [1.165, 1.54) is 88.7 Å². The predicted octanol–water partition coefficient (Wildman–Crippen LogP) is 7.49. The molecule has 408 valence electrons. The molecule has 0 atom stereocenters. The molecule has 6 amide bonds. The van der Waals surface area contributed by atoms with Gasteiger partial charge in [0.05, 0.1) is 23.6 Å². The van der Waals surface area contributed by atoms with Gasteiger partial charge in [0.25, 0.3) is 31.9 Å². The van der Waals surface area contributed by atoms with Crippen LogP contribution in [0.3, 0.4) is 0 Å². The second kappa shape index (κ2) is 24.1. The summed E-state index contributed by atoms with van der Waals surface area (Å²) >= 11 is 0. The first kappa shape index (κ1) is 58.9. The third-order valence-corrected chi connectivity index (χ3v) is 13.2. The van der Waals surface area contributed by atoms with Crippen molar-refractivity contribution in [2.45, 2.75) is 89.5 Å². The maximum Gasteiger partial charge on any atom is 0.333 e. The zero-order chi connectivity index (χ0) is 56.7. The van der Waals surface area contributed by atoms with Gasteiger partial charge in [0.1, 0.15) is 23.0 Å². The molecule has 4 N–H and O–H groups in total. The number of amides is 6. The van der Waals surface area contributed by atoms with Crippen molar-refractivity contribution >= 4 is 55.3 Å². The van der Waals surface area contributed by atoms with Gasteiger partial charge in [-0.05, 0) is 98.2 Å². The molecule has 0 unspecified atom stereocenters. The maximum atomic E-state index is 14.6. The number of carbonyl (C=O) groups is 4. The van der Waals surface area contributed by atoms with Crippen molar-refractivity contribution < 1.29 is 54.3 Å². The summed E-state index contributed by atoms with van der Waals surface area (Å²) in [5.74, 6) is -1.80. The standard InChI is InChI=1S/2C25H31FN6O5S/c2*1-14(2)18-11-17(26)12-19(16-8-9-27-21(10-16)37-15(3)4)23(18)28-25(34)30-38(35,36)22-13-20(32(7)29-22)24(33)31(5)6/h2*8-15H,1-7H3,(H2,28,30,34). The SMILES string of the molecule is CC(C)Oc1cc(-c2cc(F)cc(C(C)C)c2NC(=O)NS(=O)(=O)c2cc(C(=O)N(C)C)n(C)n2)ccn1.CC(C)Oc1cc(-c2cc(F)cc(C(C)C)c2NC(=O)NS(=O)(=O)c2cc(C(=O)N(C)C)n(C)n2)ccn1. The lowest BCUT2D eigenvalue weighted by atomic mass is 9.94. The predicted molar refractivity (Wildman–Crippen MR) is 280 cm³/mol. The van der Waals surface area contributed by atoms with Crippen LogP contribution in [0.4, 0.5) is 29.7 Å². The highest BCUT2D eigenvalue weighted by molar-refractivity contribution is 7.90. The summed E-state index contributed by atoms with van der Waals surface area (Å²) in [6.45, 7) is 14.6. The number of aryl methyl sites for hydroxylation is 2. The highest BCUT2D eigenvalue weighted by atomic mass is 32.2. The molecule has 6 aromatic rings. The Morgan fingerprint density at radius 2 is 0.895 bits per heavy atom. The lowest BCUT2D eigenvalue weighted by Gasteiger charge is -2.19. The second-order valence-electron chi connectivity index (χ2n) is 18.7. The molecule has 0 saturated heterocycles. The zero-order valence-electron chi connectivity index (χ0n) is 44.5. The molecule has 4 heterocycles. The molecule has 0 aliphatic rings. The van der Waals surface area contributed by atoms with E-state index in [2.05, 4.69) is 30.8 Å². The monoisotopic (exact) mass is 1090 g/mol. The Labute approximate surface area is 440 Å². The summed E-state index contributed by atoms with van der Waals surface area (Å²) in [6.07, 6.45) is 2.69. The van der Waals surface area contributed by atoms with Gasteiger partial charge in [-0.1, -0.05) is 27.7 Å². The molecule has 0 fully saturated rings. The number of rotatable bonds is 16. The van der Waals surface area contributed by atoms with Gasteiger partial charge in [-0.15, -0.1) is 0 Å². The summed E-state index contributed by atoms with van der Waals surface area (Å²) in [5.41, 5.74) is 3.04. The van der Waals surface area contributed by atoms with Crippen molar-refractivity contribution in [2.75, 3.05) is 38.8 Å². The number of aromatic nitrogens is 6. The molecule has 0 aliphatic carbocycles. The fourth-order valence-corrected chi connectivity index (χ4v) is 9.09. The van der Waals surface area contributed by atoms with Crippen molar-refractivity contribution in [3.63, 3.8) is 0 Å². The van der Waals surface area contributed by atoms with Crippen molar-refractivity contribution in [2.24, 2.45) is 14.1 Å². The van der Waals surface area contributed by atoms with E-state index in [0.29, 0.717) is 45.1 Å². The van der Waals surface area contributed by atoms with Gasteiger partial charge in [-0.25, -0.2) is 37.8 Å². The average Bonchev–Trinajstić information content (AvgIpc) is 3.92. The summed E-state index contributed by atoms with van der Waals surface area (Å²) in [6, 6.07) is 11.5. The van der Waals surface area contributed by atoms with Crippen LogP contribution in [0.15, 0.2) is 83.1 Å². The van der Waals surface area contributed by atoms with Crippen LogP contribution in [0.25, 0.3) is 22.3 Å². The van der Waals surface area contributed by atoms with Crippen LogP contribution >= 0.6 is 0 Å². The molecule has 0 spiro atoms. The van der Waals surface area contributed by atoms with Crippen LogP contribution in [0.5, 0.6) is 11.8 Å². The number of pyridine rings is 2. The van der Waals surface area contributed by atoms with E-state index < -0.39 is 65.6 Å². The Morgan fingerprint density at radius 3 is 1.20 bits per heavy atom. The first-order valence-electron chi connectivity index (χ1n) is 23.5. The zero-order valence-corrected chi connectivity index (χ0v) is 46.1. The fraction of sp³-hybridized carbons (Fsp3) is 0.360. The quantitative estimate of drug-likeness (QED) is 0.0732. The minimum atomic E-state index is -4.45. The molecule has 0 saturated carbocycles. The minimum absolute atomic E-state index is 0.0239. The molecule has 6 rings (SSSR count). The molecule has 22 nitrogen and oxygen atoms in total. The van der Waals surface area contributed by atoms with E-state index in [1.54, 1.807) is 24.3 Å². The van der Waals surface area contributed by atoms with Gasteiger partial charge in [-0.2, -0.15) is 27.0 Å². The van der Waals surface area contributed by atoms with Gasteiger partial charge in [0.2, 0.25) is 11.8 Å². The molecule has 0 radical (unpaired) electrons. The smallest absolute Gasteiger partial charge is 0.333 e. The van der Waals surface area contributed by atoms with Crippen LogP contribution in [0.2, 0.25) is 0 Å². The topological polar surface area (TPSA) is 271 Å². The summed E-state index contributed by atoms with van der Waals surface area (Å²) in [7, 11) is 0.00531. The number of hydrogen-bond acceptors (Lipinski definition) is 14. The number of hydrogen-bond donors (Lipinski definition) is 4. The number of nitrogens with one attached hydrogen (secondary N) is 4. The number of halogens is 2. The van der Waals surface area contributed by atoms with Crippen LogP contribution in [0.1, 0.15) is 99.3 Å². The highest BCUT2D eigenvalue weighted by Gasteiger charge is 2.29. The molecule has 0 bridgehead atoms. The van der Waals surface area contributed by atoms with E-state index in [4.69, 9.17) is 9.47 Å². The first-order valence-corrected chi connectivity index (χ1v) is 26.5. The molecule has 0 aliphatic heterocycles. The summed E-state index contributed by atoms with van der Waals surface area (Å²) < 4.78 is 98.3. The number of benzene rings is 2. The molecule has 2 aromatic carbocycles. The lowest BCUT2D eigenvalue weighted by Crippen LogP contribution is -2.35. The van der Waals surface area contributed by atoms with Gasteiger partial charge in [0, 0.05) is 90.1 Å². The molecule has 76 heavy (non-hydrogen) atoms. The van der Waals surface area contributed by atoms with E-state index in [-0.39, 0.29) is 46.8 Å². The summed E-state index contributed by atoms with van der Waals surface area (Å²) in [4.78, 5) is 61.3. The number of ether oxygens (including phenoxy) is 2. The Bertz CT molecular complexity index is 3150. The second-order valence-corrected chi connectivity index (χ2v) is 22.0. The van der Waals surface area contributed by atoms with E-state index in [0.717, 1.165) is 21.5 Å². The van der Waals surface area contributed by atoms with E-state index in [9.17, 15) is 44.8 Å². The average molecular weight is 1090 g/mol. The lowest BCUT2D eigenvalue weighted by molar-refractivity contribution is 0.0809. The van der Waals surface area contributed by atoms with Crippen molar-refractivity contribution in [3.05, 3.63) is 107 Å². The van der Waals surface area contributed by atoms with E-state index in [1.807, 2.05) is 64.8 Å². The minimum Gasteiger partial charge on any atom is -0.475 e. The van der Waals surface area contributed by atoms with Gasteiger partial charge < -0.3 is 29.9 Å². The Kier molecular flexibility index (Phi) is 18.7. The Balaban J connectivity index is 0.000000281. The third-order valence-electron chi connectivity index (χ3n) is 10.8. The fourth-order valence-electron chi connectivity index (χ4n) is 7.30. The molecule has 26 heteroatoms. The van der Waals surface area contributed by atoms with Crippen LogP contribution in [0, 0.1) is 11.6 Å². The van der Waals surface area contributed by atoms with Gasteiger partial charge >= 0.3 is 12.1 Å². The first-order chi connectivity index (χ1) is 35.4. The van der Waals surface area contributed by atoms with E-state index >= 15 is 0 Å². The Hall–Kier alpha value is -8.00. The molecular formula is C50H62F2N12O10S2. The van der Waals surface area contributed by atoms with Gasteiger partial charge in [-0.3, -0.25) is 19.0 Å². The molecule has 4 aromatic heterocycles. The maximum absolute atomic E-state index is 14.6. The highest BCUT2D eigenvalue weighted by Crippen LogP contribution is 2.39. The largest absolute Gasteiger partial charge is 0.475 e. The summed E-state index contributed by atoms with van der Waals surface area (Å²) in [5, 5.41) is 11.9. The Morgan fingerprint density at radius 1 is 0.553 bits per heavy atom. The van der Waals surface area contributed by atoms with Crippen molar-refractivity contribution in [3.8, 4) is 34.0 Å². The number of urea groups is 2. The van der Waals surface area contributed by atoms with Crippen molar-refractivity contribution in [1.82, 2.24) is 48.8 Å².